The molecule has 22 heavy (non-hydrogen) atoms. The number of thiol groups is 2. The van der Waals surface area contributed by atoms with Gasteiger partial charge in [-0.3, -0.25) is 0 Å². The van der Waals surface area contributed by atoms with Crippen molar-refractivity contribution in [3.05, 3.63) is 33.4 Å². The van der Waals surface area contributed by atoms with Crippen LogP contribution in [0.5, 0.6) is 0 Å². The van der Waals surface area contributed by atoms with E-state index in [-0.39, 0.29) is 12.5 Å². The zero-order chi connectivity index (χ0) is 16.9. The highest BCUT2D eigenvalue weighted by molar-refractivity contribution is 14.1. The Labute approximate surface area is 151 Å². The third kappa shape index (κ3) is 5.25. The minimum atomic E-state index is -2.14. The number of hydrogen-bond acceptors (Lipinski definition) is 5. The van der Waals surface area contributed by atoms with Crippen LogP contribution in [-0.2, 0) is 16.1 Å². The first-order valence-electron chi connectivity index (χ1n) is 5.86. The van der Waals surface area contributed by atoms with E-state index >= 15 is 0 Å². The Hall–Kier alpha value is -1.14. The largest absolute Gasteiger partial charge is 0.480 e. The van der Waals surface area contributed by atoms with Gasteiger partial charge >= 0.3 is 11.9 Å². The first-order chi connectivity index (χ1) is 10.1. The number of aliphatic imine (C=N–C) groups is 1. The molecular formula is C12H14IN3O4S2. The van der Waals surface area contributed by atoms with Gasteiger partial charge in [0.05, 0.1) is 6.54 Å². The number of aliphatic carboxylic acids is 2. The number of carboxylic acids is 2. The lowest BCUT2D eigenvalue weighted by Crippen LogP contribution is -2.57. The quantitative estimate of drug-likeness (QED) is 0.124. The second kappa shape index (κ2) is 7.92. The molecule has 0 saturated heterocycles. The lowest BCUT2D eigenvalue weighted by molar-refractivity contribution is -0.145. The van der Waals surface area contributed by atoms with E-state index in [1.165, 1.54) is 0 Å². The highest BCUT2D eigenvalue weighted by Gasteiger charge is 2.44. The number of hydrogen-bond donors (Lipinski definition) is 6. The molecule has 0 saturated carbocycles. The average Bonchev–Trinajstić information content (AvgIpc) is 2.42. The van der Waals surface area contributed by atoms with Crippen LogP contribution in [0.3, 0.4) is 0 Å². The fourth-order valence-corrected chi connectivity index (χ4v) is 2.42. The summed E-state index contributed by atoms with van der Waals surface area (Å²) < 4.78 is -1.12. The number of carbonyl (C=O) groups is 2. The van der Waals surface area contributed by atoms with Crippen LogP contribution in [-0.4, -0.2) is 38.2 Å². The van der Waals surface area contributed by atoms with E-state index in [1.54, 1.807) is 0 Å². The van der Waals surface area contributed by atoms with E-state index in [0.29, 0.717) is 0 Å². The normalized spacial score (nSPS) is 13.5. The highest BCUT2D eigenvalue weighted by atomic mass is 127. The molecular weight excluding hydrogens is 441 g/mol. The molecule has 0 aliphatic heterocycles. The van der Waals surface area contributed by atoms with Crippen molar-refractivity contribution in [1.82, 2.24) is 5.32 Å². The minimum absolute atomic E-state index is 0.208. The molecule has 1 atom stereocenters. The van der Waals surface area contributed by atoms with Crippen LogP contribution in [0.4, 0.5) is 0 Å². The number of benzene rings is 1. The molecule has 0 aliphatic carbocycles. The summed E-state index contributed by atoms with van der Waals surface area (Å²) in [6.45, 7) is 0.223. The summed E-state index contributed by atoms with van der Waals surface area (Å²) in [6.07, 6.45) is 0. The predicted molar refractivity (Wildman–Crippen MR) is 97.4 cm³/mol. The van der Waals surface area contributed by atoms with Crippen LogP contribution in [0.1, 0.15) is 5.56 Å². The van der Waals surface area contributed by atoms with Crippen LogP contribution in [0.15, 0.2) is 29.3 Å². The Morgan fingerprint density at radius 2 is 2.05 bits per heavy atom. The summed E-state index contributed by atoms with van der Waals surface area (Å²) in [5.74, 6) is -3.18. The van der Waals surface area contributed by atoms with Crippen molar-refractivity contribution in [2.75, 3.05) is 0 Å². The number of halogens is 1. The van der Waals surface area contributed by atoms with E-state index in [0.717, 1.165) is 9.13 Å². The highest BCUT2D eigenvalue weighted by Crippen LogP contribution is 2.25. The predicted octanol–water partition coefficient (Wildman–Crippen LogP) is 0.789. The molecule has 7 nitrogen and oxygen atoms in total. The van der Waals surface area contributed by atoms with Gasteiger partial charge in [-0.25, -0.2) is 14.6 Å². The Kier molecular flexibility index (Phi) is 6.81. The molecule has 1 aromatic carbocycles. The summed E-state index contributed by atoms with van der Waals surface area (Å²) >= 11 is 9.65. The molecule has 5 N–H and O–H groups in total. The summed E-state index contributed by atoms with van der Waals surface area (Å²) in [5.41, 5.74) is 6.49. The van der Waals surface area contributed by atoms with E-state index in [9.17, 15) is 9.59 Å². The number of nitrogens with zero attached hydrogens (tertiary/aromatic N) is 1. The second-order valence-electron chi connectivity index (χ2n) is 4.28. The van der Waals surface area contributed by atoms with Gasteiger partial charge in [0.2, 0.25) is 0 Å². The van der Waals surface area contributed by atoms with E-state index in [4.69, 9.17) is 15.9 Å². The number of carboxylic acid groups (broad SMARTS) is 2. The molecule has 1 aromatic rings. The Bertz CT molecular complexity index is 610. The van der Waals surface area contributed by atoms with Crippen molar-refractivity contribution in [1.29, 1.82) is 0 Å². The number of guanidine groups is 1. The van der Waals surface area contributed by atoms with E-state index < -0.39 is 22.1 Å². The molecule has 0 heterocycles. The van der Waals surface area contributed by atoms with Gasteiger partial charge in [-0.2, -0.15) is 0 Å². The van der Waals surface area contributed by atoms with Crippen LogP contribution in [0.2, 0.25) is 0 Å². The molecule has 0 fully saturated rings. The fraction of sp³-hybridized carbons (Fsp3) is 0.250. The van der Waals surface area contributed by atoms with Crippen molar-refractivity contribution in [2.24, 2.45) is 10.7 Å². The number of nitrogens with one attached hydrogen (secondary N) is 1. The monoisotopic (exact) mass is 455 g/mol. The topological polar surface area (TPSA) is 125 Å². The van der Waals surface area contributed by atoms with Gasteiger partial charge in [0.1, 0.15) is 0 Å². The smallest absolute Gasteiger partial charge is 0.332 e. The fourth-order valence-electron chi connectivity index (χ4n) is 1.46. The van der Waals surface area contributed by atoms with Gasteiger partial charge in [-0.15, -0.1) is 25.3 Å². The molecule has 1 rings (SSSR count). The summed E-state index contributed by atoms with van der Waals surface area (Å²) in [4.78, 5) is 26.2. The zero-order valence-corrected chi connectivity index (χ0v) is 15.0. The lowest BCUT2D eigenvalue weighted by atomic mass is 10.2. The molecule has 0 amide bonds. The molecule has 0 radical (unpaired) electrons. The summed E-state index contributed by atoms with van der Waals surface area (Å²) in [7, 11) is 0. The maximum absolute atomic E-state index is 11.2. The summed E-state index contributed by atoms with van der Waals surface area (Å²) in [5, 5.41) is 20.4. The van der Waals surface area contributed by atoms with Crippen LogP contribution < -0.4 is 11.1 Å². The van der Waals surface area contributed by atoms with Crippen LogP contribution in [0.25, 0.3) is 0 Å². The first-order valence-corrected chi connectivity index (χ1v) is 7.83. The average molecular weight is 455 g/mol. The third-order valence-corrected chi connectivity index (χ3v) is 4.15. The second-order valence-corrected chi connectivity index (χ2v) is 7.29. The minimum Gasteiger partial charge on any atom is -0.480 e. The standard InChI is InChI=1S/C12H14IN3O4S2/c13-7-3-1-2-6(4-7)5-15-11(14)16-8(9(17)18)12(21,22)10(19)20/h1-4,8,21-22H,5H2,(H,17,18)(H,19,20)(H3,14,15,16). The Morgan fingerprint density at radius 1 is 1.41 bits per heavy atom. The van der Waals surface area contributed by atoms with Crippen molar-refractivity contribution in [3.8, 4) is 0 Å². The van der Waals surface area contributed by atoms with Gasteiger partial charge in [0, 0.05) is 3.57 Å². The van der Waals surface area contributed by atoms with E-state index in [2.05, 4.69) is 58.2 Å². The van der Waals surface area contributed by atoms with Crippen molar-refractivity contribution >= 4 is 65.7 Å². The van der Waals surface area contributed by atoms with Gasteiger partial charge < -0.3 is 21.3 Å². The van der Waals surface area contributed by atoms with Gasteiger partial charge in [-0.1, -0.05) is 12.1 Å². The van der Waals surface area contributed by atoms with Crippen LogP contribution in [0, 0.1) is 3.57 Å². The zero-order valence-electron chi connectivity index (χ0n) is 11.1. The SMILES string of the molecule is NC(=NCc1cccc(I)c1)NC(C(=O)O)C(S)(S)C(=O)O. The van der Waals surface area contributed by atoms with Crippen LogP contribution >= 0.6 is 47.8 Å². The maximum atomic E-state index is 11.2. The molecule has 0 spiro atoms. The van der Waals surface area contributed by atoms with Crippen molar-refractivity contribution in [3.63, 3.8) is 0 Å². The van der Waals surface area contributed by atoms with Crippen molar-refractivity contribution < 1.29 is 19.8 Å². The number of nitrogens with two attached hydrogens (primary N) is 1. The molecule has 0 aliphatic rings. The first kappa shape index (κ1) is 18.9. The maximum Gasteiger partial charge on any atom is 0.332 e. The van der Waals surface area contributed by atoms with Gasteiger partial charge in [0.25, 0.3) is 0 Å². The molecule has 10 heteroatoms. The van der Waals surface area contributed by atoms with E-state index in [1.807, 2.05) is 24.3 Å². The Morgan fingerprint density at radius 3 is 2.55 bits per heavy atom. The lowest BCUT2D eigenvalue weighted by Gasteiger charge is -2.26. The third-order valence-electron chi connectivity index (χ3n) is 2.58. The molecule has 0 bridgehead atoms. The van der Waals surface area contributed by atoms with Gasteiger partial charge in [0.15, 0.2) is 16.1 Å². The molecule has 1 unspecified atom stereocenters. The molecule has 120 valence electrons. The summed E-state index contributed by atoms with van der Waals surface area (Å²) in [6, 6.07) is 5.85. The number of rotatable bonds is 6. The molecule has 0 aromatic heterocycles. The van der Waals surface area contributed by atoms with Gasteiger partial charge in [-0.05, 0) is 40.3 Å². The Balaban J connectivity index is 2.83. The van der Waals surface area contributed by atoms with Crippen molar-refractivity contribution in [2.45, 2.75) is 16.7 Å².